The van der Waals surface area contributed by atoms with E-state index in [-0.39, 0.29) is 5.57 Å². The predicted molar refractivity (Wildman–Crippen MR) is 140 cm³/mol. The molecule has 1 fully saturated rings. The molecule has 5 rings (SSSR count). The van der Waals surface area contributed by atoms with E-state index >= 15 is 0 Å². The zero-order valence-corrected chi connectivity index (χ0v) is 21.7. The molecule has 6 nitrogen and oxygen atoms in total. The van der Waals surface area contributed by atoms with Gasteiger partial charge in [0.1, 0.15) is 0 Å². The lowest BCUT2D eigenvalue weighted by Gasteiger charge is -2.30. The van der Waals surface area contributed by atoms with Crippen molar-refractivity contribution in [3.05, 3.63) is 81.9 Å². The maximum atomic E-state index is 13.1. The topological polar surface area (TPSA) is 59.1 Å². The van der Waals surface area contributed by atoms with E-state index in [2.05, 4.69) is 47.9 Å². The first kappa shape index (κ1) is 23.6. The summed E-state index contributed by atoms with van der Waals surface area (Å²) >= 11 is 3.23. The first-order chi connectivity index (χ1) is 16.8. The number of carbonyl (C=O) groups excluding carboxylic acids is 2. The average Bonchev–Trinajstić information content (AvgIpc) is 3.34. The van der Waals surface area contributed by atoms with Crippen LogP contribution in [-0.4, -0.2) is 30.8 Å². The minimum absolute atomic E-state index is 0.0930. The largest absolute Gasteiger partial charge is 0.419 e. The number of carbonyl (C=O) groups is 2. The number of cyclic esters (lactones) is 2. The summed E-state index contributed by atoms with van der Waals surface area (Å²) in [5, 5.41) is 1.86. The third-order valence-corrected chi connectivity index (χ3v) is 8.06. The van der Waals surface area contributed by atoms with Crippen LogP contribution >= 0.6 is 23.5 Å². The van der Waals surface area contributed by atoms with Gasteiger partial charge in [0.15, 0.2) is 5.57 Å². The molecule has 35 heavy (non-hydrogen) atoms. The molecule has 3 aliphatic heterocycles. The molecule has 2 aromatic rings. The Balaban J connectivity index is 1.65. The van der Waals surface area contributed by atoms with Gasteiger partial charge in [0.25, 0.3) is 5.79 Å². The minimum Gasteiger partial charge on any atom is -0.419 e. The Hall–Kier alpha value is -3.10. The molecule has 1 saturated heterocycles. The second-order valence-electron chi connectivity index (χ2n) is 8.60. The lowest BCUT2D eigenvalue weighted by molar-refractivity contribution is -0.222. The van der Waals surface area contributed by atoms with Crippen LogP contribution in [0.2, 0.25) is 0 Å². The van der Waals surface area contributed by atoms with Gasteiger partial charge in [-0.05, 0) is 50.3 Å². The van der Waals surface area contributed by atoms with Crippen molar-refractivity contribution in [2.45, 2.75) is 43.3 Å². The smallest absolute Gasteiger partial charge is 0.349 e. The van der Waals surface area contributed by atoms with Gasteiger partial charge in [-0.25, -0.2) is 9.59 Å². The quantitative estimate of drug-likeness (QED) is 0.282. The third-order valence-electron chi connectivity index (χ3n) is 5.84. The van der Waals surface area contributed by atoms with Crippen LogP contribution in [0.25, 0.3) is 0 Å². The highest BCUT2D eigenvalue weighted by Crippen LogP contribution is 2.48. The Morgan fingerprint density at radius 3 is 1.66 bits per heavy atom. The van der Waals surface area contributed by atoms with Crippen LogP contribution in [0.1, 0.15) is 27.7 Å². The van der Waals surface area contributed by atoms with Crippen molar-refractivity contribution in [2.24, 2.45) is 0 Å². The maximum absolute atomic E-state index is 13.1. The fraction of sp³-hybridized carbons (Fsp3) is 0.259. The van der Waals surface area contributed by atoms with Crippen LogP contribution in [-0.2, 0) is 19.1 Å². The lowest BCUT2D eigenvalue weighted by Crippen LogP contribution is -2.42. The molecule has 0 saturated carbocycles. The molecule has 0 amide bonds. The van der Waals surface area contributed by atoms with E-state index in [4.69, 9.17) is 9.47 Å². The number of rotatable bonds is 4. The number of hydrogen-bond donors (Lipinski definition) is 0. The summed E-state index contributed by atoms with van der Waals surface area (Å²) in [5.74, 6) is -2.66. The second-order valence-corrected chi connectivity index (χ2v) is 10.7. The van der Waals surface area contributed by atoms with Crippen molar-refractivity contribution >= 4 is 46.8 Å². The van der Waals surface area contributed by atoms with Crippen LogP contribution < -0.4 is 9.80 Å². The first-order valence-corrected chi connectivity index (χ1v) is 13.2. The van der Waals surface area contributed by atoms with E-state index in [1.165, 1.54) is 0 Å². The normalized spacial score (nSPS) is 20.7. The number of ether oxygens (including phenoxy) is 2. The molecular formula is C27H26N2O4S2. The van der Waals surface area contributed by atoms with Crippen LogP contribution in [0.3, 0.4) is 0 Å². The molecule has 3 aliphatic rings. The SMILES string of the molecule is CCN1/C(=C/C(/C=C2\Sc3ccccc3N2CC)=C2C(=O)OC(C)(C)OC2=O)Sc2ccccc21. The highest BCUT2D eigenvalue weighted by Gasteiger charge is 2.41. The minimum atomic E-state index is -1.30. The van der Waals surface area contributed by atoms with Crippen LogP contribution in [0, 0.1) is 0 Å². The summed E-state index contributed by atoms with van der Waals surface area (Å²) in [4.78, 5) is 32.7. The number of para-hydroxylation sites is 2. The van der Waals surface area contributed by atoms with E-state index in [0.29, 0.717) is 5.57 Å². The van der Waals surface area contributed by atoms with Crippen LogP contribution in [0.4, 0.5) is 11.4 Å². The van der Waals surface area contributed by atoms with Crippen molar-refractivity contribution in [1.82, 2.24) is 0 Å². The van der Waals surface area contributed by atoms with Gasteiger partial charge in [-0.15, -0.1) is 0 Å². The van der Waals surface area contributed by atoms with Gasteiger partial charge in [-0.3, -0.25) is 0 Å². The number of nitrogens with zero attached hydrogens (tertiary/aromatic N) is 2. The Morgan fingerprint density at radius 2 is 1.23 bits per heavy atom. The van der Waals surface area contributed by atoms with Crippen LogP contribution in [0.5, 0.6) is 0 Å². The molecule has 0 atom stereocenters. The molecule has 0 spiro atoms. The number of hydrogen-bond acceptors (Lipinski definition) is 8. The molecule has 3 heterocycles. The highest BCUT2D eigenvalue weighted by atomic mass is 32.2. The fourth-order valence-electron chi connectivity index (χ4n) is 4.31. The summed E-state index contributed by atoms with van der Waals surface area (Å²) in [6, 6.07) is 16.3. The number of benzene rings is 2. The Bertz CT molecular complexity index is 1220. The molecule has 0 bridgehead atoms. The molecular weight excluding hydrogens is 480 g/mol. The van der Waals surface area contributed by atoms with Gasteiger partial charge in [0.05, 0.1) is 21.4 Å². The predicted octanol–water partition coefficient (Wildman–Crippen LogP) is 6.07. The third kappa shape index (κ3) is 4.36. The van der Waals surface area contributed by atoms with Gasteiger partial charge < -0.3 is 19.3 Å². The van der Waals surface area contributed by atoms with E-state index in [1.807, 2.05) is 36.4 Å². The highest BCUT2D eigenvalue weighted by molar-refractivity contribution is 8.04. The lowest BCUT2D eigenvalue weighted by atomic mass is 10.1. The zero-order valence-electron chi connectivity index (χ0n) is 20.0. The van der Waals surface area contributed by atoms with Crippen molar-refractivity contribution in [2.75, 3.05) is 22.9 Å². The Kier molecular flexibility index (Phi) is 6.19. The van der Waals surface area contributed by atoms with E-state index in [9.17, 15) is 9.59 Å². The second kappa shape index (κ2) is 9.17. The van der Waals surface area contributed by atoms with Crippen molar-refractivity contribution in [3.63, 3.8) is 0 Å². The zero-order chi connectivity index (χ0) is 24.7. The average molecular weight is 507 g/mol. The fourth-order valence-corrected chi connectivity index (χ4v) is 6.67. The molecule has 2 aromatic carbocycles. The van der Waals surface area contributed by atoms with Gasteiger partial charge >= 0.3 is 11.9 Å². The molecule has 0 aliphatic carbocycles. The van der Waals surface area contributed by atoms with Gasteiger partial charge in [-0.1, -0.05) is 47.8 Å². The Labute approximate surface area is 213 Å². The summed E-state index contributed by atoms with van der Waals surface area (Å²) in [7, 11) is 0. The first-order valence-electron chi connectivity index (χ1n) is 11.5. The summed E-state index contributed by atoms with van der Waals surface area (Å²) < 4.78 is 10.9. The van der Waals surface area contributed by atoms with Gasteiger partial charge in [0, 0.05) is 42.3 Å². The summed E-state index contributed by atoms with van der Waals surface area (Å²) in [6.45, 7) is 8.77. The maximum Gasteiger partial charge on any atom is 0.349 e. The van der Waals surface area contributed by atoms with Crippen molar-refractivity contribution < 1.29 is 19.1 Å². The van der Waals surface area contributed by atoms with Crippen molar-refractivity contribution in [1.29, 1.82) is 0 Å². The van der Waals surface area contributed by atoms with E-state index in [1.54, 1.807) is 37.4 Å². The Morgan fingerprint density at radius 1 is 0.800 bits per heavy atom. The monoisotopic (exact) mass is 506 g/mol. The van der Waals surface area contributed by atoms with Gasteiger partial charge in [0.2, 0.25) is 0 Å². The molecule has 8 heteroatoms. The van der Waals surface area contributed by atoms with Gasteiger partial charge in [-0.2, -0.15) is 0 Å². The standard InChI is InChI=1S/C27H26N2O4S2/c1-5-28-18-11-7-9-13-20(18)34-22(28)15-17(24-25(30)32-27(3,4)33-26(24)31)16-23-29(6-2)19-12-8-10-14-21(19)35-23/h7-16H,5-6H2,1-4H3/b22-15-,23-16-. The molecule has 0 radical (unpaired) electrons. The van der Waals surface area contributed by atoms with E-state index < -0.39 is 17.7 Å². The summed E-state index contributed by atoms with van der Waals surface area (Å²) in [5.41, 5.74) is 2.59. The van der Waals surface area contributed by atoms with E-state index in [0.717, 1.165) is 44.3 Å². The molecule has 0 N–H and O–H groups in total. The summed E-state index contributed by atoms with van der Waals surface area (Å²) in [6.07, 6.45) is 3.80. The number of fused-ring (bicyclic) bond motifs is 2. The number of thioether (sulfide) groups is 2. The number of esters is 2. The van der Waals surface area contributed by atoms with Crippen LogP contribution in [0.15, 0.2) is 91.7 Å². The molecule has 0 unspecified atom stereocenters. The molecule has 180 valence electrons. The number of anilines is 2. The van der Waals surface area contributed by atoms with Crippen molar-refractivity contribution in [3.8, 4) is 0 Å². The number of allylic oxidation sites excluding steroid dienone is 3. The molecule has 0 aromatic heterocycles.